The molecule has 2 aliphatic rings. The molecule has 0 spiro atoms. The van der Waals surface area contributed by atoms with Crippen molar-refractivity contribution in [1.29, 1.82) is 5.41 Å². The Balaban J connectivity index is 2.20. The Bertz CT molecular complexity index is 340. The van der Waals surface area contributed by atoms with E-state index in [9.17, 15) is 5.11 Å². The van der Waals surface area contributed by atoms with Crippen LogP contribution in [0.25, 0.3) is 0 Å². The van der Waals surface area contributed by atoms with Gasteiger partial charge in [0, 0.05) is 18.8 Å². The Morgan fingerprint density at radius 2 is 2.00 bits per heavy atom. The monoisotopic (exact) mass is 237 g/mol. The van der Waals surface area contributed by atoms with Crippen LogP contribution in [0, 0.1) is 5.41 Å². The number of hydrogen-bond acceptors (Lipinski definition) is 3. The second kappa shape index (κ2) is 4.83. The summed E-state index contributed by atoms with van der Waals surface area (Å²) in [5, 5.41) is 20.8. The van der Waals surface area contributed by atoms with E-state index in [0.717, 1.165) is 25.7 Å². The molecular weight excluding hydrogens is 218 g/mol. The smallest absolute Gasteiger partial charge is 0.221 e. The van der Waals surface area contributed by atoms with Crippen LogP contribution in [0.15, 0.2) is 10.1 Å². The van der Waals surface area contributed by atoms with E-state index in [1.807, 2.05) is 0 Å². The van der Waals surface area contributed by atoms with E-state index in [0.29, 0.717) is 18.0 Å². The number of amidine groups is 1. The van der Waals surface area contributed by atoms with Gasteiger partial charge in [-0.15, -0.1) is 0 Å². The van der Waals surface area contributed by atoms with Gasteiger partial charge < -0.3 is 10.0 Å². The third kappa shape index (κ3) is 2.46. The van der Waals surface area contributed by atoms with Crippen LogP contribution in [0.4, 0.5) is 0 Å². The van der Waals surface area contributed by atoms with Crippen molar-refractivity contribution in [3.63, 3.8) is 0 Å². The third-order valence-corrected chi connectivity index (χ3v) is 3.41. The molecule has 0 aliphatic carbocycles. The highest BCUT2D eigenvalue weighted by atomic mass is 16.3. The summed E-state index contributed by atoms with van der Waals surface area (Å²) in [4.78, 5) is 6.31. The second-order valence-electron chi connectivity index (χ2n) is 4.71. The lowest BCUT2D eigenvalue weighted by molar-refractivity contribution is 0.0695. The Labute approximate surface area is 101 Å². The quantitative estimate of drug-likeness (QED) is 0.353. The zero-order valence-electron chi connectivity index (χ0n) is 10.1. The van der Waals surface area contributed by atoms with Crippen LogP contribution >= 0.6 is 0 Å². The molecule has 0 aromatic heterocycles. The van der Waals surface area contributed by atoms with E-state index in [1.165, 1.54) is 0 Å². The van der Waals surface area contributed by atoms with Gasteiger partial charge in [0.25, 0.3) is 0 Å². The predicted molar refractivity (Wildman–Crippen MR) is 67.4 cm³/mol. The van der Waals surface area contributed by atoms with Gasteiger partial charge in [-0.2, -0.15) is 10.1 Å². The molecule has 2 heterocycles. The van der Waals surface area contributed by atoms with Crippen LogP contribution in [-0.2, 0) is 0 Å². The molecule has 6 heteroatoms. The fraction of sp³-hybridized carbons (Fsp3) is 0.727. The standard InChI is InChI=1S/C11H19N5O/c1-7(12)14-11(15-13-2)16-8-3-4-9(16)6-10(17)5-8/h8-10,17H,2-6H2,1H3,(H2,12,14,15)/t8-,9?,10?/m0/s1. The van der Waals surface area contributed by atoms with E-state index in [2.05, 4.69) is 27.1 Å². The van der Waals surface area contributed by atoms with Crippen LogP contribution < -0.4 is 5.43 Å². The van der Waals surface area contributed by atoms with Crippen LogP contribution in [-0.4, -0.2) is 46.7 Å². The zero-order valence-corrected chi connectivity index (χ0v) is 10.1. The number of hydrazone groups is 1. The van der Waals surface area contributed by atoms with Crippen molar-refractivity contribution in [2.45, 2.75) is 50.8 Å². The maximum Gasteiger partial charge on any atom is 0.221 e. The lowest BCUT2D eigenvalue weighted by Gasteiger charge is -2.38. The summed E-state index contributed by atoms with van der Waals surface area (Å²) in [5.41, 5.74) is 2.77. The summed E-state index contributed by atoms with van der Waals surface area (Å²) in [6, 6.07) is 0.604. The molecule has 0 radical (unpaired) electrons. The number of nitrogens with one attached hydrogen (secondary N) is 2. The fourth-order valence-electron chi connectivity index (χ4n) is 2.86. The number of rotatable bonds is 1. The van der Waals surface area contributed by atoms with Gasteiger partial charge in [-0.25, -0.2) is 5.43 Å². The first kappa shape index (κ1) is 12.0. The first-order valence-electron chi connectivity index (χ1n) is 5.93. The predicted octanol–water partition coefficient (Wildman–Crippen LogP) is 0.532. The maximum atomic E-state index is 9.74. The van der Waals surface area contributed by atoms with E-state index in [-0.39, 0.29) is 11.9 Å². The molecule has 0 amide bonds. The number of aliphatic hydroxyl groups excluding tert-OH is 1. The van der Waals surface area contributed by atoms with Gasteiger partial charge in [-0.1, -0.05) is 0 Å². The van der Waals surface area contributed by atoms with Crippen LogP contribution in [0.2, 0.25) is 0 Å². The van der Waals surface area contributed by atoms with Crippen molar-refractivity contribution in [3.05, 3.63) is 0 Å². The van der Waals surface area contributed by atoms with Gasteiger partial charge in [0.1, 0.15) is 5.84 Å². The summed E-state index contributed by atoms with van der Waals surface area (Å²) in [6.45, 7) is 5.03. The van der Waals surface area contributed by atoms with Crippen LogP contribution in [0.3, 0.4) is 0 Å². The lowest BCUT2D eigenvalue weighted by Crippen LogP contribution is -2.51. The molecule has 3 N–H and O–H groups in total. The first-order valence-corrected chi connectivity index (χ1v) is 5.93. The van der Waals surface area contributed by atoms with Crippen molar-refractivity contribution >= 4 is 18.5 Å². The maximum absolute atomic E-state index is 9.74. The van der Waals surface area contributed by atoms with Gasteiger partial charge in [0.05, 0.1) is 6.10 Å². The van der Waals surface area contributed by atoms with Gasteiger partial charge in [0.2, 0.25) is 5.96 Å². The largest absolute Gasteiger partial charge is 0.393 e. The van der Waals surface area contributed by atoms with Gasteiger partial charge in [-0.05, 0) is 32.6 Å². The Hall–Kier alpha value is -1.43. The number of hydrogen-bond donors (Lipinski definition) is 3. The Kier molecular flexibility index (Phi) is 3.42. The van der Waals surface area contributed by atoms with E-state index in [4.69, 9.17) is 5.41 Å². The molecule has 2 fully saturated rings. The van der Waals surface area contributed by atoms with Gasteiger partial charge in [-0.3, -0.25) is 5.41 Å². The first-order chi connectivity index (χ1) is 8.11. The van der Waals surface area contributed by atoms with Crippen LogP contribution in [0.5, 0.6) is 0 Å². The van der Waals surface area contributed by atoms with Crippen molar-refractivity contribution < 1.29 is 5.11 Å². The minimum Gasteiger partial charge on any atom is -0.393 e. The van der Waals surface area contributed by atoms with Crippen LogP contribution in [0.1, 0.15) is 32.6 Å². The molecule has 6 nitrogen and oxygen atoms in total. The molecule has 17 heavy (non-hydrogen) atoms. The minimum atomic E-state index is -0.206. The molecule has 2 rings (SSSR count). The fourth-order valence-corrected chi connectivity index (χ4v) is 2.86. The normalized spacial score (nSPS) is 32.5. The average Bonchev–Trinajstić information content (AvgIpc) is 2.50. The zero-order chi connectivity index (χ0) is 12.4. The highest BCUT2D eigenvalue weighted by Crippen LogP contribution is 2.35. The SMILES string of the molecule is C=NN/C(=N\C(C)=N)N1C2CC[C@H]1CC(O)C2. The molecule has 3 atom stereocenters. The Morgan fingerprint density at radius 3 is 2.47 bits per heavy atom. The molecule has 0 saturated carbocycles. The van der Waals surface area contributed by atoms with E-state index >= 15 is 0 Å². The lowest BCUT2D eigenvalue weighted by atomic mass is 10.0. The summed E-state index contributed by atoms with van der Waals surface area (Å²) >= 11 is 0. The molecule has 0 aromatic rings. The van der Waals surface area contributed by atoms with Crippen molar-refractivity contribution in [2.75, 3.05) is 0 Å². The van der Waals surface area contributed by atoms with E-state index in [1.54, 1.807) is 6.92 Å². The third-order valence-electron chi connectivity index (χ3n) is 3.41. The number of guanidine groups is 1. The van der Waals surface area contributed by atoms with Gasteiger partial charge in [0.15, 0.2) is 0 Å². The Morgan fingerprint density at radius 1 is 1.41 bits per heavy atom. The van der Waals surface area contributed by atoms with Crippen molar-refractivity contribution in [2.24, 2.45) is 10.1 Å². The molecule has 2 saturated heterocycles. The molecule has 2 bridgehead atoms. The van der Waals surface area contributed by atoms with Crippen molar-refractivity contribution in [3.8, 4) is 0 Å². The number of aliphatic imine (C=N–C) groups is 1. The molecular formula is C11H19N5O. The van der Waals surface area contributed by atoms with Gasteiger partial charge >= 0.3 is 0 Å². The number of piperidine rings is 1. The van der Waals surface area contributed by atoms with E-state index < -0.39 is 0 Å². The number of aliphatic hydroxyl groups is 1. The summed E-state index contributed by atoms with van der Waals surface area (Å²) < 4.78 is 0. The number of nitrogens with zero attached hydrogens (tertiary/aromatic N) is 3. The molecule has 0 aromatic carbocycles. The highest BCUT2D eigenvalue weighted by Gasteiger charge is 2.41. The molecule has 2 aliphatic heterocycles. The highest BCUT2D eigenvalue weighted by molar-refractivity contribution is 5.93. The average molecular weight is 237 g/mol. The topological polar surface area (TPSA) is 84.1 Å². The summed E-state index contributed by atoms with van der Waals surface area (Å²) in [7, 11) is 0. The minimum absolute atomic E-state index is 0.206. The molecule has 94 valence electrons. The van der Waals surface area contributed by atoms with Crippen molar-refractivity contribution in [1.82, 2.24) is 10.3 Å². The second-order valence-corrected chi connectivity index (χ2v) is 4.71. The summed E-state index contributed by atoms with van der Waals surface area (Å²) in [6.07, 6.45) is 3.46. The summed E-state index contributed by atoms with van der Waals surface area (Å²) in [5.74, 6) is 0.827. The number of fused-ring (bicyclic) bond motifs is 2. The molecule has 2 unspecified atom stereocenters.